The molecule has 3 nitrogen and oxygen atoms in total. The van der Waals surface area contributed by atoms with Crippen molar-refractivity contribution < 1.29 is 4.79 Å². The second kappa shape index (κ2) is 5.98. The molecule has 2 aromatic rings. The van der Waals surface area contributed by atoms with E-state index in [1.807, 2.05) is 12.1 Å². The van der Waals surface area contributed by atoms with E-state index >= 15 is 0 Å². The molecule has 1 heterocycles. The Bertz CT molecular complexity index is 557. The van der Waals surface area contributed by atoms with Crippen molar-refractivity contribution in [3.8, 4) is 0 Å². The predicted octanol–water partition coefficient (Wildman–Crippen LogP) is 3.88. The SMILES string of the molecule is O=C(Nc1ncccc1Cl)c1ccc(CBr)cc1. The summed E-state index contributed by atoms with van der Waals surface area (Å²) in [4.78, 5) is 16.0. The number of alkyl halides is 1. The highest BCUT2D eigenvalue weighted by Gasteiger charge is 2.08. The van der Waals surface area contributed by atoms with Crippen molar-refractivity contribution in [3.05, 3.63) is 58.7 Å². The maximum atomic E-state index is 11.9. The second-order valence-electron chi connectivity index (χ2n) is 3.62. The summed E-state index contributed by atoms with van der Waals surface area (Å²) in [6.45, 7) is 0. The number of halogens is 2. The molecule has 5 heteroatoms. The summed E-state index contributed by atoms with van der Waals surface area (Å²) in [7, 11) is 0. The summed E-state index contributed by atoms with van der Waals surface area (Å²) >= 11 is 9.27. The second-order valence-corrected chi connectivity index (χ2v) is 4.59. The van der Waals surface area contributed by atoms with E-state index in [1.54, 1.807) is 30.5 Å². The Hall–Kier alpha value is -1.39. The lowest BCUT2D eigenvalue weighted by molar-refractivity contribution is 0.102. The average molecular weight is 326 g/mol. The van der Waals surface area contributed by atoms with E-state index in [0.29, 0.717) is 16.4 Å². The summed E-state index contributed by atoms with van der Waals surface area (Å²) < 4.78 is 0. The number of benzene rings is 1. The summed E-state index contributed by atoms with van der Waals surface area (Å²) in [6.07, 6.45) is 1.58. The maximum absolute atomic E-state index is 11.9. The monoisotopic (exact) mass is 324 g/mol. The van der Waals surface area contributed by atoms with Crippen molar-refractivity contribution in [2.75, 3.05) is 5.32 Å². The molecular formula is C13H10BrClN2O. The molecule has 0 atom stereocenters. The van der Waals surface area contributed by atoms with Gasteiger partial charge in [-0.25, -0.2) is 4.98 Å². The van der Waals surface area contributed by atoms with Gasteiger partial charge in [-0.3, -0.25) is 4.79 Å². The van der Waals surface area contributed by atoms with Gasteiger partial charge in [-0.1, -0.05) is 39.7 Å². The first-order chi connectivity index (χ1) is 8.70. The van der Waals surface area contributed by atoms with Gasteiger partial charge >= 0.3 is 0 Å². The fourth-order valence-corrected chi connectivity index (χ4v) is 1.95. The number of hydrogen-bond acceptors (Lipinski definition) is 2. The normalized spacial score (nSPS) is 10.1. The molecule has 92 valence electrons. The fourth-order valence-electron chi connectivity index (χ4n) is 1.40. The number of nitrogens with one attached hydrogen (secondary N) is 1. The third-order valence-corrected chi connectivity index (χ3v) is 3.31. The van der Waals surface area contributed by atoms with Gasteiger partial charge in [0.05, 0.1) is 5.02 Å². The van der Waals surface area contributed by atoms with Crippen LogP contribution in [0.3, 0.4) is 0 Å². The van der Waals surface area contributed by atoms with Gasteiger partial charge in [-0.2, -0.15) is 0 Å². The van der Waals surface area contributed by atoms with Gasteiger partial charge in [0.2, 0.25) is 0 Å². The number of nitrogens with zero attached hydrogens (tertiary/aromatic N) is 1. The molecule has 0 aliphatic heterocycles. The number of hydrogen-bond donors (Lipinski definition) is 1. The van der Waals surface area contributed by atoms with Gasteiger partial charge < -0.3 is 5.32 Å². The Morgan fingerprint density at radius 3 is 2.61 bits per heavy atom. The Labute approximate surface area is 118 Å². The molecule has 0 unspecified atom stereocenters. The zero-order valence-electron chi connectivity index (χ0n) is 9.36. The number of aromatic nitrogens is 1. The fraction of sp³-hybridized carbons (Fsp3) is 0.0769. The van der Waals surface area contributed by atoms with Crippen molar-refractivity contribution in [2.45, 2.75) is 5.33 Å². The van der Waals surface area contributed by atoms with Crippen LogP contribution < -0.4 is 5.32 Å². The molecule has 1 aromatic carbocycles. The minimum atomic E-state index is -0.225. The van der Waals surface area contributed by atoms with Crippen molar-refractivity contribution in [2.24, 2.45) is 0 Å². The summed E-state index contributed by atoms with van der Waals surface area (Å²) in [5.74, 6) is 0.144. The van der Waals surface area contributed by atoms with Gasteiger partial charge in [-0.05, 0) is 29.8 Å². The van der Waals surface area contributed by atoms with E-state index in [0.717, 1.165) is 10.9 Å². The lowest BCUT2D eigenvalue weighted by atomic mass is 10.1. The van der Waals surface area contributed by atoms with E-state index in [9.17, 15) is 4.79 Å². The van der Waals surface area contributed by atoms with Crippen LogP contribution in [0.4, 0.5) is 5.82 Å². The first-order valence-corrected chi connectivity index (χ1v) is 6.77. The van der Waals surface area contributed by atoms with E-state index in [-0.39, 0.29) is 5.91 Å². The standard InChI is InChI=1S/C13H10BrClN2O/c14-8-9-3-5-10(6-4-9)13(18)17-12-11(15)2-1-7-16-12/h1-7H,8H2,(H,16,17,18). The summed E-state index contributed by atoms with van der Waals surface area (Å²) in [6, 6.07) is 10.7. The molecule has 1 N–H and O–H groups in total. The molecule has 0 fully saturated rings. The van der Waals surface area contributed by atoms with Crippen molar-refractivity contribution >= 4 is 39.3 Å². The zero-order chi connectivity index (χ0) is 13.0. The molecule has 1 aromatic heterocycles. The number of carbonyl (C=O) groups is 1. The van der Waals surface area contributed by atoms with Crippen LogP contribution in [0.1, 0.15) is 15.9 Å². The molecule has 0 bridgehead atoms. The average Bonchev–Trinajstić information content (AvgIpc) is 2.41. The van der Waals surface area contributed by atoms with Gasteiger partial charge in [-0.15, -0.1) is 0 Å². The van der Waals surface area contributed by atoms with Crippen molar-refractivity contribution in [1.82, 2.24) is 4.98 Å². The third kappa shape index (κ3) is 3.09. The van der Waals surface area contributed by atoms with Crippen LogP contribution in [-0.4, -0.2) is 10.9 Å². The third-order valence-electron chi connectivity index (χ3n) is 2.36. The Morgan fingerprint density at radius 2 is 2.00 bits per heavy atom. The first-order valence-electron chi connectivity index (χ1n) is 5.27. The molecule has 2 rings (SSSR count). The molecule has 18 heavy (non-hydrogen) atoms. The van der Waals surface area contributed by atoms with Crippen LogP contribution in [0.5, 0.6) is 0 Å². The number of amides is 1. The zero-order valence-corrected chi connectivity index (χ0v) is 11.7. The Balaban J connectivity index is 2.14. The summed E-state index contributed by atoms with van der Waals surface area (Å²) in [5, 5.41) is 3.85. The van der Waals surface area contributed by atoms with Crippen molar-refractivity contribution in [1.29, 1.82) is 0 Å². The summed E-state index contributed by atoms with van der Waals surface area (Å²) in [5.41, 5.74) is 1.68. The molecule has 0 saturated carbocycles. The highest BCUT2D eigenvalue weighted by Crippen LogP contribution is 2.18. The topological polar surface area (TPSA) is 42.0 Å². The van der Waals surface area contributed by atoms with Crippen molar-refractivity contribution in [3.63, 3.8) is 0 Å². The smallest absolute Gasteiger partial charge is 0.256 e. The van der Waals surface area contributed by atoms with E-state index < -0.39 is 0 Å². The lowest BCUT2D eigenvalue weighted by Crippen LogP contribution is -2.13. The Kier molecular flexibility index (Phi) is 4.33. The molecule has 0 aliphatic rings. The van der Waals surface area contributed by atoms with Gasteiger partial charge in [0.15, 0.2) is 5.82 Å². The highest BCUT2D eigenvalue weighted by molar-refractivity contribution is 9.08. The highest BCUT2D eigenvalue weighted by atomic mass is 79.9. The van der Waals surface area contributed by atoms with Gasteiger partial charge in [0.1, 0.15) is 0 Å². The van der Waals surface area contributed by atoms with Crippen LogP contribution in [0.2, 0.25) is 5.02 Å². The maximum Gasteiger partial charge on any atom is 0.256 e. The Morgan fingerprint density at radius 1 is 1.28 bits per heavy atom. The van der Waals surface area contributed by atoms with Crippen LogP contribution in [-0.2, 0) is 5.33 Å². The minimum Gasteiger partial charge on any atom is -0.305 e. The van der Waals surface area contributed by atoms with Crippen LogP contribution in [0.15, 0.2) is 42.6 Å². The molecule has 0 saturated heterocycles. The van der Waals surface area contributed by atoms with E-state index in [4.69, 9.17) is 11.6 Å². The largest absolute Gasteiger partial charge is 0.305 e. The number of carbonyl (C=O) groups excluding carboxylic acids is 1. The van der Waals surface area contributed by atoms with Crippen LogP contribution >= 0.6 is 27.5 Å². The van der Waals surface area contributed by atoms with E-state index in [2.05, 4.69) is 26.2 Å². The molecule has 0 aliphatic carbocycles. The van der Waals surface area contributed by atoms with Crippen LogP contribution in [0, 0.1) is 0 Å². The van der Waals surface area contributed by atoms with Gasteiger partial charge in [0, 0.05) is 17.1 Å². The first kappa shape index (κ1) is 13.1. The molecular weight excluding hydrogens is 316 g/mol. The number of pyridine rings is 1. The molecule has 0 radical (unpaired) electrons. The molecule has 0 spiro atoms. The predicted molar refractivity (Wildman–Crippen MR) is 76.3 cm³/mol. The van der Waals surface area contributed by atoms with E-state index in [1.165, 1.54) is 0 Å². The quantitative estimate of drug-likeness (QED) is 0.870. The number of rotatable bonds is 3. The van der Waals surface area contributed by atoms with Crippen LogP contribution in [0.25, 0.3) is 0 Å². The van der Waals surface area contributed by atoms with Gasteiger partial charge in [0.25, 0.3) is 5.91 Å². The molecule has 1 amide bonds. The lowest BCUT2D eigenvalue weighted by Gasteiger charge is -2.06. The minimum absolute atomic E-state index is 0.225. The number of anilines is 1.